The molecule has 1 aliphatic rings. The van der Waals surface area contributed by atoms with Gasteiger partial charge in [0.1, 0.15) is 11.6 Å². The van der Waals surface area contributed by atoms with Crippen LogP contribution < -0.4 is 5.32 Å². The molecule has 2 atom stereocenters. The Hall–Kier alpha value is -1.75. The second-order valence-electron chi connectivity index (χ2n) is 6.84. The molecule has 2 unspecified atom stereocenters. The molecule has 1 amide bonds. The number of aliphatic carboxylic acids is 1. The Morgan fingerprint density at radius 1 is 1.39 bits per heavy atom. The highest BCUT2D eigenvalue weighted by Gasteiger charge is 2.34. The van der Waals surface area contributed by atoms with Gasteiger partial charge in [-0.25, -0.2) is 9.59 Å². The zero-order valence-electron chi connectivity index (χ0n) is 13.6. The number of carbonyl (C=O) groups excluding carboxylic acids is 1. The predicted molar refractivity (Wildman–Crippen MR) is 87.8 cm³/mol. The monoisotopic (exact) mass is 339 g/mol. The molecule has 0 saturated carbocycles. The minimum atomic E-state index is -1.05. The average molecular weight is 340 g/mol. The first-order valence-electron chi connectivity index (χ1n) is 7.66. The number of fused-ring (bicyclic) bond motifs is 1. The number of rotatable bonds is 3. The van der Waals surface area contributed by atoms with Crippen LogP contribution in [0.4, 0.5) is 4.79 Å². The van der Waals surface area contributed by atoms with E-state index >= 15 is 0 Å². The minimum absolute atomic E-state index is 0.189. The second kappa shape index (κ2) is 6.79. The first kappa shape index (κ1) is 17.6. The molecular formula is C17H22ClNO4. The third-order valence-corrected chi connectivity index (χ3v) is 4.23. The van der Waals surface area contributed by atoms with E-state index in [1.807, 2.05) is 18.2 Å². The molecule has 1 aromatic rings. The number of hydrogen-bond acceptors (Lipinski definition) is 3. The van der Waals surface area contributed by atoms with Gasteiger partial charge < -0.3 is 15.2 Å². The lowest BCUT2D eigenvalue weighted by molar-refractivity contribution is -0.141. The molecule has 0 saturated heterocycles. The molecule has 0 bridgehead atoms. The smallest absolute Gasteiger partial charge is 0.408 e. The van der Waals surface area contributed by atoms with E-state index in [1.54, 1.807) is 20.8 Å². The topological polar surface area (TPSA) is 75.6 Å². The molecule has 6 heteroatoms. The van der Waals surface area contributed by atoms with Gasteiger partial charge in [0.15, 0.2) is 0 Å². The van der Waals surface area contributed by atoms with Gasteiger partial charge in [0.2, 0.25) is 0 Å². The molecule has 1 aromatic carbocycles. The second-order valence-corrected chi connectivity index (χ2v) is 7.25. The van der Waals surface area contributed by atoms with Crippen molar-refractivity contribution in [3.8, 4) is 0 Å². The molecule has 5 nitrogen and oxygen atoms in total. The number of benzene rings is 1. The molecule has 23 heavy (non-hydrogen) atoms. The summed E-state index contributed by atoms with van der Waals surface area (Å²) in [5, 5.41) is 12.7. The summed E-state index contributed by atoms with van der Waals surface area (Å²) in [5.41, 5.74) is 1.46. The van der Waals surface area contributed by atoms with Crippen LogP contribution in [0.2, 0.25) is 5.02 Å². The Labute approximate surface area is 141 Å². The molecule has 1 aliphatic carbocycles. The quantitative estimate of drug-likeness (QED) is 0.884. The van der Waals surface area contributed by atoms with E-state index in [9.17, 15) is 14.7 Å². The van der Waals surface area contributed by atoms with Crippen LogP contribution in [0.5, 0.6) is 0 Å². The highest BCUT2D eigenvalue weighted by molar-refractivity contribution is 6.31. The molecule has 0 radical (unpaired) electrons. The standard InChI is InChI=1S/C17H22ClNO4/c1-17(2,3)23-16(22)19-14(15(20)21)11-7-8-12-10(9-11)5-4-6-13(12)18/h4-6,11,14H,7-9H2,1-3H3,(H,19,22)(H,20,21). The van der Waals surface area contributed by atoms with Crippen LogP contribution in [0, 0.1) is 5.92 Å². The summed E-state index contributed by atoms with van der Waals surface area (Å²) < 4.78 is 5.16. The fourth-order valence-electron chi connectivity index (χ4n) is 2.89. The van der Waals surface area contributed by atoms with Crippen molar-refractivity contribution in [2.24, 2.45) is 5.92 Å². The van der Waals surface area contributed by atoms with Crippen molar-refractivity contribution in [1.82, 2.24) is 5.32 Å². The maximum absolute atomic E-state index is 11.9. The highest BCUT2D eigenvalue weighted by Crippen LogP contribution is 2.32. The van der Waals surface area contributed by atoms with Crippen molar-refractivity contribution in [3.05, 3.63) is 34.3 Å². The summed E-state index contributed by atoms with van der Waals surface area (Å²) in [7, 11) is 0. The van der Waals surface area contributed by atoms with Gasteiger partial charge in [0, 0.05) is 5.02 Å². The molecule has 0 aliphatic heterocycles. The third kappa shape index (κ3) is 4.61. The van der Waals surface area contributed by atoms with Crippen LogP contribution >= 0.6 is 11.6 Å². The Kier molecular flexibility index (Phi) is 5.19. The lowest BCUT2D eigenvalue weighted by Gasteiger charge is -2.30. The van der Waals surface area contributed by atoms with E-state index in [0.717, 1.165) is 11.1 Å². The molecule has 2 rings (SSSR count). The predicted octanol–water partition coefficient (Wildman–Crippen LogP) is 3.42. The van der Waals surface area contributed by atoms with Gasteiger partial charge in [-0.05, 0) is 63.1 Å². The van der Waals surface area contributed by atoms with E-state index in [2.05, 4.69) is 5.32 Å². The van der Waals surface area contributed by atoms with Crippen LogP contribution in [-0.2, 0) is 22.4 Å². The largest absolute Gasteiger partial charge is 0.480 e. The van der Waals surface area contributed by atoms with Crippen molar-refractivity contribution in [3.63, 3.8) is 0 Å². The van der Waals surface area contributed by atoms with Crippen molar-refractivity contribution in [2.75, 3.05) is 0 Å². The maximum Gasteiger partial charge on any atom is 0.408 e. The van der Waals surface area contributed by atoms with Crippen LogP contribution in [0.3, 0.4) is 0 Å². The fourth-order valence-corrected chi connectivity index (χ4v) is 3.18. The fraction of sp³-hybridized carbons (Fsp3) is 0.529. The summed E-state index contributed by atoms with van der Waals surface area (Å²) in [6.45, 7) is 5.21. The Morgan fingerprint density at radius 2 is 2.09 bits per heavy atom. The van der Waals surface area contributed by atoms with Crippen molar-refractivity contribution in [2.45, 2.75) is 51.7 Å². The summed E-state index contributed by atoms with van der Waals surface area (Å²) in [5.74, 6) is -1.24. The van der Waals surface area contributed by atoms with Crippen LogP contribution in [-0.4, -0.2) is 28.8 Å². The van der Waals surface area contributed by atoms with Crippen LogP contribution in [0.25, 0.3) is 0 Å². The number of alkyl carbamates (subject to hydrolysis) is 1. The number of carbonyl (C=O) groups is 2. The van der Waals surface area contributed by atoms with Gasteiger partial charge in [-0.15, -0.1) is 0 Å². The number of ether oxygens (including phenoxy) is 1. The average Bonchev–Trinajstić information content (AvgIpc) is 2.42. The van der Waals surface area contributed by atoms with E-state index in [1.165, 1.54) is 0 Å². The van der Waals surface area contributed by atoms with Crippen molar-refractivity contribution >= 4 is 23.7 Å². The molecule has 126 valence electrons. The number of hydrogen-bond donors (Lipinski definition) is 2. The number of halogens is 1. The molecule has 0 spiro atoms. The minimum Gasteiger partial charge on any atom is -0.480 e. The van der Waals surface area contributed by atoms with Gasteiger partial charge in [-0.1, -0.05) is 23.7 Å². The molecule has 0 aromatic heterocycles. The summed E-state index contributed by atoms with van der Waals surface area (Å²) in [6.07, 6.45) is 1.23. The van der Waals surface area contributed by atoms with Gasteiger partial charge >= 0.3 is 12.1 Å². The molecule has 0 heterocycles. The van der Waals surface area contributed by atoms with Gasteiger partial charge in [-0.2, -0.15) is 0 Å². The van der Waals surface area contributed by atoms with Gasteiger partial charge in [-0.3, -0.25) is 0 Å². The molecule has 0 fully saturated rings. The van der Waals surface area contributed by atoms with Gasteiger partial charge in [0.05, 0.1) is 0 Å². The van der Waals surface area contributed by atoms with Crippen LogP contribution in [0.15, 0.2) is 18.2 Å². The highest BCUT2D eigenvalue weighted by atomic mass is 35.5. The molecular weight excluding hydrogens is 318 g/mol. The lowest BCUT2D eigenvalue weighted by atomic mass is 9.80. The zero-order chi connectivity index (χ0) is 17.2. The first-order chi connectivity index (χ1) is 10.7. The Balaban J connectivity index is 2.11. The van der Waals surface area contributed by atoms with E-state index in [-0.39, 0.29) is 5.92 Å². The lowest BCUT2D eigenvalue weighted by Crippen LogP contribution is -2.49. The number of amides is 1. The Bertz CT molecular complexity index is 609. The van der Waals surface area contributed by atoms with E-state index in [4.69, 9.17) is 16.3 Å². The first-order valence-corrected chi connectivity index (χ1v) is 8.04. The zero-order valence-corrected chi connectivity index (χ0v) is 14.3. The van der Waals surface area contributed by atoms with Crippen LogP contribution in [0.1, 0.15) is 38.3 Å². The third-order valence-electron chi connectivity index (χ3n) is 3.87. The summed E-state index contributed by atoms with van der Waals surface area (Å²) in [6, 6.07) is 4.69. The summed E-state index contributed by atoms with van der Waals surface area (Å²) >= 11 is 6.18. The Morgan fingerprint density at radius 3 is 2.70 bits per heavy atom. The SMILES string of the molecule is CC(C)(C)OC(=O)NC(C(=O)O)C1CCc2c(Cl)cccc2C1. The molecule has 2 N–H and O–H groups in total. The number of carboxylic acids is 1. The number of carboxylic acid groups (broad SMARTS) is 1. The normalized spacial score (nSPS) is 18.7. The van der Waals surface area contributed by atoms with E-state index in [0.29, 0.717) is 24.3 Å². The van der Waals surface area contributed by atoms with Gasteiger partial charge in [0.25, 0.3) is 0 Å². The van der Waals surface area contributed by atoms with Crippen molar-refractivity contribution < 1.29 is 19.4 Å². The summed E-state index contributed by atoms with van der Waals surface area (Å²) in [4.78, 5) is 23.5. The van der Waals surface area contributed by atoms with Crippen molar-refractivity contribution in [1.29, 1.82) is 0 Å². The van der Waals surface area contributed by atoms with E-state index < -0.39 is 23.7 Å². The maximum atomic E-state index is 11.9. The number of nitrogens with one attached hydrogen (secondary N) is 1.